The second-order valence-electron chi connectivity index (χ2n) is 6.35. The van der Waals surface area contributed by atoms with E-state index < -0.39 is 15.9 Å². The summed E-state index contributed by atoms with van der Waals surface area (Å²) in [6.07, 6.45) is 0.874. The Kier molecular flexibility index (Phi) is 4.89. The standard InChI is InChI=1S/C14H23N3O4S/c1-9(2)10(3)15-14(19)12-4-5-13(18)17(16-12)11-6-7-22(20,21)8-11/h9-11H,4-8H2,1-3H3,(H,15,19)/t10-,11+/m1/s1. The third-order valence-electron chi connectivity index (χ3n) is 4.23. The van der Waals surface area contributed by atoms with Crippen molar-refractivity contribution >= 4 is 27.4 Å². The Morgan fingerprint density at radius 3 is 2.55 bits per heavy atom. The van der Waals surface area contributed by atoms with E-state index >= 15 is 0 Å². The molecular weight excluding hydrogens is 306 g/mol. The minimum atomic E-state index is -3.10. The Balaban J connectivity index is 2.11. The van der Waals surface area contributed by atoms with Crippen molar-refractivity contribution in [2.45, 2.75) is 52.1 Å². The summed E-state index contributed by atoms with van der Waals surface area (Å²) >= 11 is 0. The minimum Gasteiger partial charge on any atom is -0.348 e. The number of amides is 2. The van der Waals surface area contributed by atoms with Crippen LogP contribution in [0.3, 0.4) is 0 Å². The van der Waals surface area contributed by atoms with E-state index in [1.165, 1.54) is 5.01 Å². The average molecular weight is 329 g/mol. The first kappa shape index (κ1) is 16.9. The van der Waals surface area contributed by atoms with E-state index in [2.05, 4.69) is 10.4 Å². The molecule has 1 N–H and O–H groups in total. The first-order valence-corrected chi connectivity index (χ1v) is 9.42. The van der Waals surface area contributed by atoms with Crippen molar-refractivity contribution in [3.8, 4) is 0 Å². The first-order valence-electron chi connectivity index (χ1n) is 7.60. The van der Waals surface area contributed by atoms with Crippen LogP contribution in [0.5, 0.6) is 0 Å². The van der Waals surface area contributed by atoms with E-state index in [1.807, 2.05) is 20.8 Å². The molecule has 2 aliphatic rings. The quantitative estimate of drug-likeness (QED) is 0.803. The molecule has 1 fully saturated rings. The summed E-state index contributed by atoms with van der Waals surface area (Å²) in [6, 6.07) is -0.434. The number of carbonyl (C=O) groups is 2. The third-order valence-corrected chi connectivity index (χ3v) is 5.99. The van der Waals surface area contributed by atoms with Crippen molar-refractivity contribution < 1.29 is 18.0 Å². The Bertz CT molecular complexity index is 597. The maximum Gasteiger partial charge on any atom is 0.267 e. The van der Waals surface area contributed by atoms with Gasteiger partial charge in [-0.05, 0) is 19.3 Å². The van der Waals surface area contributed by atoms with Crippen LogP contribution < -0.4 is 5.32 Å². The van der Waals surface area contributed by atoms with Crippen molar-refractivity contribution in [2.75, 3.05) is 11.5 Å². The van der Waals surface area contributed by atoms with Gasteiger partial charge in [-0.3, -0.25) is 9.59 Å². The molecule has 1 saturated heterocycles. The fraction of sp³-hybridized carbons (Fsp3) is 0.786. The highest BCUT2D eigenvalue weighted by Gasteiger charge is 2.37. The lowest BCUT2D eigenvalue weighted by Gasteiger charge is -2.28. The third kappa shape index (κ3) is 3.85. The summed E-state index contributed by atoms with van der Waals surface area (Å²) in [6.45, 7) is 5.93. The zero-order valence-electron chi connectivity index (χ0n) is 13.2. The van der Waals surface area contributed by atoms with Gasteiger partial charge in [-0.25, -0.2) is 13.4 Å². The van der Waals surface area contributed by atoms with Crippen molar-refractivity contribution in [2.24, 2.45) is 11.0 Å². The van der Waals surface area contributed by atoms with Gasteiger partial charge in [0.05, 0.1) is 17.5 Å². The van der Waals surface area contributed by atoms with Gasteiger partial charge in [0, 0.05) is 18.9 Å². The minimum absolute atomic E-state index is 0.00753. The van der Waals surface area contributed by atoms with Crippen LogP contribution >= 0.6 is 0 Å². The first-order chi connectivity index (χ1) is 10.2. The summed E-state index contributed by atoms with van der Waals surface area (Å²) < 4.78 is 23.1. The lowest BCUT2D eigenvalue weighted by molar-refractivity contribution is -0.133. The van der Waals surface area contributed by atoms with Gasteiger partial charge >= 0.3 is 0 Å². The number of sulfone groups is 1. The van der Waals surface area contributed by atoms with E-state index in [0.29, 0.717) is 24.5 Å². The molecule has 2 aliphatic heterocycles. The molecule has 0 aromatic rings. The molecule has 0 bridgehead atoms. The molecule has 0 saturated carbocycles. The maximum atomic E-state index is 12.2. The molecule has 0 unspecified atom stereocenters. The largest absolute Gasteiger partial charge is 0.348 e. The SMILES string of the molecule is CC(C)[C@@H](C)NC(=O)C1=NN([C@H]2CCS(=O)(=O)C2)C(=O)CC1. The summed E-state index contributed by atoms with van der Waals surface area (Å²) in [5.41, 5.74) is 0.302. The van der Waals surface area contributed by atoms with Crippen molar-refractivity contribution in [1.29, 1.82) is 0 Å². The Labute approximate surface area is 131 Å². The van der Waals surface area contributed by atoms with E-state index in [4.69, 9.17) is 0 Å². The lowest BCUT2D eigenvalue weighted by Crippen LogP contribution is -2.46. The fourth-order valence-electron chi connectivity index (χ4n) is 2.44. The predicted octanol–water partition coefficient (Wildman–Crippen LogP) is 0.313. The normalized spacial score (nSPS) is 26.0. The fourth-order valence-corrected chi connectivity index (χ4v) is 4.14. The molecule has 0 aromatic heterocycles. The number of hydrogen-bond donors (Lipinski definition) is 1. The molecule has 22 heavy (non-hydrogen) atoms. The molecule has 2 amide bonds. The molecular formula is C14H23N3O4S. The van der Waals surface area contributed by atoms with Crippen LogP contribution in [0, 0.1) is 5.92 Å². The summed E-state index contributed by atoms with van der Waals surface area (Å²) in [5.74, 6) is -0.191. The van der Waals surface area contributed by atoms with Gasteiger partial charge in [0.2, 0.25) is 5.91 Å². The second-order valence-corrected chi connectivity index (χ2v) is 8.58. The Morgan fingerprint density at radius 1 is 1.32 bits per heavy atom. The van der Waals surface area contributed by atoms with Crippen LogP contribution in [0.4, 0.5) is 0 Å². The van der Waals surface area contributed by atoms with Crippen LogP contribution in [-0.2, 0) is 19.4 Å². The van der Waals surface area contributed by atoms with Gasteiger partial charge in [-0.1, -0.05) is 13.8 Å². The van der Waals surface area contributed by atoms with Crippen molar-refractivity contribution in [3.05, 3.63) is 0 Å². The van der Waals surface area contributed by atoms with Gasteiger partial charge in [0.25, 0.3) is 5.91 Å². The summed E-state index contributed by atoms with van der Waals surface area (Å²) in [5, 5.41) is 8.22. The molecule has 0 aliphatic carbocycles. The number of nitrogens with zero attached hydrogens (tertiary/aromatic N) is 2. The zero-order chi connectivity index (χ0) is 16.5. The van der Waals surface area contributed by atoms with Crippen LogP contribution in [0.15, 0.2) is 5.10 Å². The molecule has 7 nitrogen and oxygen atoms in total. The highest BCUT2D eigenvalue weighted by molar-refractivity contribution is 7.91. The highest BCUT2D eigenvalue weighted by atomic mass is 32.2. The number of nitrogens with one attached hydrogen (secondary N) is 1. The molecule has 2 atom stereocenters. The molecule has 2 rings (SSSR count). The molecule has 0 aromatic carbocycles. The number of carbonyl (C=O) groups excluding carboxylic acids is 2. The van der Waals surface area contributed by atoms with Crippen molar-refractivity contribution in [3.63, 3.8) is 0 Å². The summed E-state index contributed by atoms with van der Waals surface area (Å²) in [7, 11) is -3.10. The highest BCUT2D eigenvalue weighted by Crippen LogP contribution is 2.22. The van der Waals surface area contributed by atoms with Crippen LogP contribution in [0.25, 0.3) is 0 Å². The van der Waals surface area contributed by atoms with Gasteiger partial charge in [-0.15, -0.1) is 0 Å². The number of hydrazone groups is 1. The Morgan fingerprint density at radius 2 is 2.00 bits per heavy atom. The molecule has 0 spiro atoms. The molecule has 8 heteroatoms. The summed E-state index contributed by atoms with van der Waals surface area (Å²) in [4.78, 5) is 24.2. The van der Waals surface area contributed by atoms with E-state index in [-0.39, 0.29) is 35.8 Å². The molecule has 0 radical (unpaired) electrons. The lowest BCUT2D eigenvalue weighted by atomic mass is 10.1. The van der Waals surface area contributed by atoms with Crippen molar-refractivity contribution in [1.82, 2.24) is 10.3 Å². The Hall–Kier alpha value is -1.44. The second kappa shape index (κ2) is 6.36. The topological polar surface area (TPSA) is 95.9 Å². The zero-order valence-corrected chi connectivity index (χ0v) is 14.0. The number of rotatable bonds is 4. The van der Waals surface area contributed by atoms with Crippen LogP contribution in [0.1, 0.15) is 40.0 Å². The van der Waals surface area contributed by atoms with E-state index in [1.54, 1.807) is 0 Å². The van der Waals surface area contributed by atoms with E-state index in [9.17, 15) is 18.0 Å². The number of hydrogen-bond acceptors (Lipinski definition) is 5. The predicted molar refractivity (Wildman–Crippen MR) is 83.0 cm³/mol. The molecule has 2 heterocycles. The average Bonchev–Trinajstić information content (AvgIpc) is 2.79. The maximum absolute atomic E-state index is 12.2. The van der Waals surface area contributed by atoms with Crippen LogP contribution in [0.2, 0.25) is 0 Å². The van der Waals surface area contributed by atoms with Crippen LogP contribution in [-0.4, -0.2) is 54.5 Å². The van der Waals surface area contributed by atoms with Gasteiger partial charge < -0.3 is 5.32 Å². The van der Waals surface area contributed by atoms with Gasteiger partial charge in [0.1, 0.15) is 5.71 Å². The monoisotopic (exact) mass is 329 g/mol. The van der Waals surface area contributed by atoms with E-state index in [0.717, 1.165) is 0 Å². The molecule has 124 valence electrons. The smallest absolute Gasteiger partial charge is 0.267 e. The van der Waals surface area contributed by atoms with Gasteiger partial charge in [0.15, 0.2) is 9.84 Å². The van der Waals surface area contributed by atoms with Gasteiger partial charge in [-0.2, -0.15) is 5.10 Å².